The molecule has 1 unspecified atom stereocenters. The summed E-state index contributed by atoms with van der Waals surface area (Å²) in [6, 6.07) is 0. The summed E-state index contributed by atoms with van der Waals surface area (Å²) >= 11 is 3.38. The molecule has 0 aromatic carbocycles. The van der Waals surface area contributed by atoms with E-state index in [0.29, 0.717) is 37.6 Å². The number of morpholine rings is 1. The minimum absolute atomic E-state index is 0.0863. The number of alkyl halides is 1. The van der Waals surface area contributed by atoms with Crippen LogP contribution < -0.4 is 4.90 Å². The van der Waals surface area contributed by atoms with Crippen molar-refractivity contribution in [2.75, 3.05) is 29.9 Å². The van der Waals surface area contributed by atoms with E-state index in [0.717, 1.165) is 5.33 Å². The molecule has 0 spiro atoms. The first kappa shape index (κ1) is 12.7. The first-order valence-electron chi connectivity index (χ1n) is 5.68. The summed E-state index contributed by atoms with van der Waals surface area (Å²) in [4.78, 5) is 9.91. The third-order valence-electron chi connectivity index (χ3n) is 2.79. The van der Waals surface area contributed by atoms with Crippen molar-refractivity contribution in [3.63, 3.8) is 0 Å². The molecule has 1 aromatic heterocycles. The van der Waals surface area contributed by atoms with Crippen molar-refractivity contribution in [1.82, 2.24) is 9.97 Å². The summed E-state index contributed by atoms with van der Waals surface area (Å²) in [5, 5.41) is 0.747. The predicted octanol–water partition coefficient (Wildman–Crippen LogP) is 1.78. The Bertz CT molecular complexity index is 391. The van der Waals surface area contributed by atoms with Crippen LogP contribution in [0.5, 0.6) is 0 Å². The molecule has 4 nitrogen and oxygen atoms in total. The summed E-state index contributed by atoms with van der Waals surface area (Å²) in [6.45, 7) is 3.81. The lowest BCUT2D eigenvalue weighted by atomic mass is 10.2. The van der Waals surface area contributed by atoms with Gasteiger partial charge in [0.05, 0.1) is 18.4 Å². The second kappa shape index (κ2) is 5.73. The number of hydrogen-bond donors (Lipinski definition) is 0. The average molecular weight is 304 g/mol. The smallest absolute Gasteiger partial charge is 0.187 e. The second-order valence-corrected chi connectivity index (χ2v) is 4.55. The Morgan fingerprint density at radius 1 is 1.59 bits per heavy atom. The summed E-state index contributed by atoms with van der Waals surface area (Å²) in [5.41, 5.74) is 0.469. The van der Waals surface area contributed by atoms with Crippen molar-refractivity contribution < 1.29 is 9.13 Å². The van der Waals surface area contributed by atoms with Gasteiger partial charge in [0.1, 0.15) is 6.33 Å². The summed E-state index contributed by atoms with van der Waals surface area (Å²) in [5.74, 6) is 0.0938. The number of aromatic nitrogens is 2. The van der Waals surface area contributed by atoms with Crippen LogP contribution in [0, 0.1) is 5.82 Å². The van der Waals surface area contributed by atoms with Crippen LogP contribution in [-0.4, -0.2) is 41.1 Å². The Hall–Kier alpha value is -0.750. The molecular weight excluding hydrogens is 289 g/mol. The molecule has 1 fully saturated rings. The number of aryl methyl sites for hydroxylation is 1. The number of halogens is 2. The first-order valence-corrected chi connectivity index (χ1v) is 6.80. The Balaban J connectivity index is 2.21. The third kappa shape index (κ3) is 2.74. The molecule has 94 valence electrons. The fourth-order valence-electron chi connectivity index (χ4n) is 1.87. The van der Waals surface area contributed by atoms with Gasteiger partial charge in [-0.05, 0) is 6.42 Å². The highest BCUT2D eigenvalue weighted by molar-refractivity contribution is 9.09. The standard InChI is InChI=1S/C11H15BrFN3O/c1-2-9-10(13)11(15-7-14-9)16-3-4-17-8(5-12)6-16/h7-8H,2-6H2,1H3. The van der Waals surface area contributed by atoms with E-state index in [1.807, 2.05) is 11.8 Å². The maximum Gasteiger partial charge on any atom is 0.187 e. The molecule has 1 atom stereocenters. The van der Waals surface area contributed by atoms with E-state index in [2.05, 4.69) is 25.9 Å². The molecule has 1 aliphatic rings. The molecule has 0 amide bonds. The van der Waals surface area contributed by atoms with Gasteiger partial charge in [-0.15, -0.1) is 0 Å². The van der Waals surface area contributed by atoms with Gasteiger partial charge in [0.15, 0.2) is 11.6 Å². The molecule has 0 aliphatic carbocycles. The Kier molecular flexibility index (Phi) is 4.28. The molecule has 17 heavy (non-hydrogen) atoms. The maximum atomic E-state index is 14.1. The van der Waals surface area contributed by atoms with Crippen LogP contribution in [0.15, 0.2) is 6.33 Å². The summed E-state index contributed by atoms with van der Waals surface area (Å²) < 4.78 is 19.6. The summed E-state index contributed by atoms with van der Waals surface area (Å²) in [7, 11) is 0. The lowest BCUT2D eigenvalue weighted by Crippen LogP contribution is -2.44. The molecule has 2 heterocycles. The van der Waals surface area contributed by atoms with Gasteiger partial charge in [-0.3, -0.25) is 0 Å². The molecule has 0 bridgehead atoms. The quantitative estimate of drug-likeness (QED) is 0.798. The zero-order chi connectivity index (χ0) is 12.3. The van der Waals surface area contributed by atoms with E-state index in [4.69, 9.17) is 4.74 Å². The number of rotatable bonds is 3. The van der Waals surface area contributed by atoms with Crippen LogP contribution >= 0.6 is 15.9 Å². The van der Waals surface area contributed by atoms with Gasteiger partial charge in [-0.1, -0.05) is 22.9 Å². The largest absolute Gasteiger partial charge is 0.374 e. The molecular formula is C11H15BrFN3O. The van der Waals surface area contributed by atoms with Crippen molar-refractivity contribution in [3.8, 4) is 0 Å². The molecule has 0 N–H and O–H groups in total. The van der Waals surface area contributed by atoms with Crippen LogP contribution in [-0.2, 0) is 11.2 Å². The van der Waals surface area contributed by atoms with E-state index in [1.165, 1.54) is 6.33 Å². The monoisotopic (exact) mass is 303 g/mol. The Morgan fingerprint density at radius 3 is 3.12 bits per heavy atom. The zero-order valence-corrected chi connectivity index (χ0v) is 11.3. The topological polar surface area (TPSA) is 38.2 Å². The van der Waals surface area contributed by atoms with E-state index in [-0.39, 0.29) is 11.9 Å². The molecule has 0 saturated carbocycles. The number of nitrogens with zero attached hydrogens (tertiary/aromatic N) is 3. The summed E-state index contributed by atoms with van der Waals surface area (Å²) in [6.07, 6.45) is 2.09. The van der Waals surface area contributed by atoms with E-state index in [9.17, 15) is 4.39 Å². The molecule has 6 heteroatoms. The SMILES string of the molecule is CCc1ncnc(N2CCOC(CBr)C2)c1F. The van der Waals surface area contributed by atoms with Gasteiger partial charge >= 0.3 is 0 Å². The normalized spacial score (nSPS) is 20.6. The average Bonchev–Trinajstić information content (AvgIpc) is 2.39. The zero-order valence-electron chi connectivity index (χ0n) is 9.70. The number of hydrogen-bond acceptors (Lipinski definition) is 4. The minimum Gasteiger partial charge on any atom is -0.374 e. The van der Waals surface area contributed by atoms with Crippen molar-refractivity contribution >= 4 is 21.7 Å². The van der Waals surface area contributed by atoms with Crippen LogP contribution in [0.25, 0.3) is 0 Å². The van der Waals surface area contributed by atoms with E-state index in [1.54, 1.807) is 0 Å². The number of anilines is 1. The van der Waals surface area contributed by atoms with Gasteiger partial charge in [0.25, 0.3) is 0 Å². The number of ether oxygens (including phenoxy) is 1. The fourth-order valence-corrected chi connectivity index (χ4v) is 2.26. The molecule has 2 rings (SSSR count). The maximum absolute atomic E-state index is 14.1. The van der Waals surface area contributed by atoms with Crippen LogP contribution in [0.2, 0.25) is 0 Å². The predicted molar refractivity (Wildman–Crippen MR) is 67.1 cm³/mol. The minimum atomic E-state index is -0.301. The first-order chi connectivity index (χ1) is 8.26. The lowest BCUT2D eigenvalue weighted by molar-refractivity contribution is 0.0565. The van der Waals surface area contributed by atoms with Crippen molar-refractivity contribution in [2.45, 2.75) is 19.4 Å². The fraction of sp³-hybridized carbons (Fsp3) is 0.636. The molecule has 1 aromatic rings. The highest BCUT2D eigenvalue weighted by Gasteiger charge is 2.23. The van der Waals surface area contributed by atoms with Gasteiger partial charge < -0.3 is 9.64 Å². The lowest BCUT2D eigenvalue weighted by Gasteiger charge is -2.33. The molecule has 1 aliphatic heterocycles. The van der Waals surface area contributed by atoms with Crippen molar-refractivity contribution in [1.29, 1.82) is 0 Å². The van der Waals surface area contributed by atoms with Crippen LogP contribution in [0.4, 0.5) is 10.2 Å². The van der Waals surface area contributed by atoms with Gasteiger partial charge in [-0.2, -0.15) is 0 Å². The molecule has 0 radical (unpaired) electrons. The van der Waals surface area contributed by atoms with Crippen molar-refractivity contribution in [2.24, 2.45) is 0 Å². The van der Waals surface area contributed by atoms with Crippen LogP contribution in [0.3, 0.4) is 0 Å². The highest BCUT2D eigenvalue weighted by atomic mass is 79.9. The second-order valence-electron chi connectivity index (χ2n) is 3.90. The van der Waals surface area contributed by atoms with E-state index >= 15 is 0 Å². The van der Waals surface area contributed by atoms with Crippen molar-refractivity contribution in [3.05, 3.63) is 17.8 Å². The highest BCUT2D eigenvalue weighted by Crippen LogP contribution is 2.21. The third-order valence-corrected chi connectivity index (χ3v) is 3.51. The molecule has 1 saturated heterocycles. The van der Waals surface area contributed by atoms with E-state index < -0.39 is 0 Å². The van der Waals surface area contributed by atoms with Gasteiger partial charge in [-0.25, -0.2) is 14.4 Å². The van der Waals surface area contributed by atoms with Crippen LogP contribution in [0.1, 0.15) is 12.6 Å². The van der Waals surface area contributed by atoms with Gasteiger partial charge in [0.2, 0.25) is 0 Å². The Morgan fingerprint density at radius 2 is 2.41 bits per heavy atom. The van der Waals surface area contributed by atoms with Gasteiger partial charge in [0, 0.05) is 18.4 Å². The Labute approximate surface area is 108 Å².